The van der Waals surface area contributed by atoms with Gasteiger partial charge in [-0.05, 0) is 49.1 Å². The van der Waals surface area contributed by atoms with Crippen molar-refractivity contribution in [2.75, 3.05) is 0 Å². The summed E-state index contributed by atoms with van der Waals surface area (Å²) in [4.78, 5) is 8.85. The molecule has 1 N–H and O–H groups in total. The second-order valence-electron chi connectivity index (χ2n) is 8.80. The molecular formula is C30H22N2S6. The van der Waals surface area contributed by atoms with Crippen molar-refractivity contribution in [1.82, 2.24) is 9.97 Å². The average molecular weight is 603 g/mol. The minimum atomic E-state index is 0.441. The molecule has 4 aromatic rings. The fraction of sp³-hybridized carbons (Fsp3) is 0.100. The highest BCUT2D eigenvalue weighted by Gasteiger charge is 2.20. The molecule has 0 saturated heterocycles. The SMILES string of the molecule is C1=CSC(c2ccc(-c3nc(-c4ccc(C5SC=CS5)cc4)c(-c4ccc(C5SC=CS5)cc4)[nH]3)cc2)S1. The second-order valence-corrected chi connectivity index (χ2v) is 15.8. The van der Waals surface area contributed by atoms with E-state index in [1.807, 2.05) is 70.6 Å². The minimum absolute atomic E-state index is 0.441. The number of benzene rings is 3. The molecule has 0 saturated carbocycles. The summed E-state index contributed by atoms with van der Waals surface area (Å²) in [5.74, 6) is 0.900. The summed E-state index contributed by atoms with van der Waals surface area (Å²) in [6, 6.07) is 26.7. The third-order valence-corrected chi connectivity index (χ3v) is 13.9. The number of hydrogen-bond acceptors (Lipinski definition) is 7. The number of nitrogens with one attached hydrogen (secondary N) is 1. The van der Waals surface area contributed by atoms with Gasteiger partial charge in [-0.15, -0.1) is 70.6 Å². The molecule has 1 aromatic heterocycles. The molecule has 188 valence electrons. The molecule has 8 heteroatoms. The summed E-state index contributed by atoms with van der Waals surface area (Å²) >= 11 is 11.2. The van der Waals surface area contributed by atoms with Gasteiger partial charge >= 0.3 is 0 Å². The fourth-order valence-corrected chi connectivity index (χ4v) is 10.7. The molecule has 0 bridgehead atoms. The quantitative estimate of drug-likeness (QED) is 0.235. The molecule has 0 unspecified atom stereocenters. The van der Waals surface area contributed by atoms with Crippen LogP contribution in [0.15, 0.2) is 105 Å². The van der Waals surface area contributed by atoms with E-state index in [0.29, 0.717) is 13.7 Å². The Morgan fingerprint density at radius 1 is 0.447 bits per heavy atom. The van der Waals surface area contributed by atoms with Crippen molar-refractivity contribution < 1.29 is 0 Å². The van der Waals surface area contributed by atoms with Crippen LogP contribution in [-0.2, 0) is 0 Å². The number of H-pyrrole nitrogens is 1. The largest absolute Gasteiger partial charge is 0.337 e. The fourth-order valence-electron chi connectivity index (χ4n) is 4.52. The third kappa shape index (κ3) is 5.19. The monoisotopic (exact) mass is 602 g/mol. The Labute approximate surface area is 248 Å². The number of hydrogen-bond donors (Lipinski definition) is 1. The Bertz CT molecular complexity index is 1410. The number of nitrogens with zero attached hydrogens (tertiary/aromatic N) is 1. The van der Waals surface area contributed by atoms with Gasteiger partial charge in [0.25, 0.3) is 0 Å². The summed E-state index contributed by atoms with van der Waals surface area (Å²) in [5.41, 5.74) is 9.45. The van der Waals surface area contributed by atoms with Gasteiger partial charge in [0.05, 0.1) is 25.1 Å². The van der Waals surface area contributed by atoms with E-state index in [1.54, 1.807) is 0 Å². The lowest BCUT2D eigenvalue weighted by molar-refractivity contribution is 1.29. The zero-order valence-corrected chi connectivity index (χ0v) is 24.9. The van der Waals surface area contributed by atoms with Crippen LogP contribution in [0.2, 0.25) is 0 Å². The van der Waals surface area contributed by atoms with E-state index in [9.17, 15) is 0 Å². The number of aromatic amines is 1. The predicted molar refractivity (Wildman–Crippen MR) is 176 cm³/mol. The van der Waals surface area contributed by atoms with Gasteiger partial charge in [-0.1, -0.05) is 72.8 Å². The van der Waals surface area contributed by atoms with Crippen LogP contribution < -0.4 is 0 Å². The lowest BCUT2D eigenvalue weighted by atomic mass is 10.0. The number of imidazole rings is 1. The van der Waals surface area contributed by atoms with E-state index in [0.717, 1.165) is 33.9 Å². The van der Waals surface area contributed by atoms with Gasteiger partial charge in [0.1, 0.15) is 5.82 Å². The molecule has 0 amide bonds. The van der Waals surface area contributed by atoms with Crippen LogP contribution in [0, 0.1) is 0 Å². The highest BCUT2D eigenvalue weighted by Crippen LogP contribution is 2.48. The van der Waals surface area contributed by atoms with Crippen molar-refractivity contribution in [3.8, 4) is 33.9 Å². The molecule has 0 radical (unpaired) electrons. The summed E-state index contributed by atoms with van der Waals surface area (Å²) in [6.45, 7) is 0. The first-order valence-corrected chi connectivity index (χ1v) is 17.8. The molecular weight excluding hydrogens is 581 g/mol. The highest BCUT2D eigenvalue weighted by molar-refractivity contribution is 8.22. The van der Waals surface area contributed by atoms with Gasteiger partial charge < -0.3 is 4.98 Å². The minimum Gasteiger partial charge on any atom is -0.337 e. The molecule has 0 atom stereocenters. The molecule has 3 aromatic carbocycles. The predicted octanol–water partition coefficient (Wildman–Crippen LogP) is 11.3. The second kappa shape index (κ2) is 11.4. The maximum Gasteiger partial charge on any atom is 0.138 e. The number of thioether (sulfide) groups is 6. The van der Waals surface area contributed by atoms with Crippen molar-refractivity contribution in [3.63, 3.8) is 0 Å². The van der Waals surface area contributed by atoms with E-state index >= 15 is 0 Å². The van der Waals surface area contributed by atoms with E-state index < -0.39 is 0 Å². The Morgan fingerprint density at radius 3 is 1.24 bits per heavy atom. The van der Waals surface area contributed by atoms with E-state index in [2.05, 4.69) is 110 Å². The highest BCUT2D eigenvalue weighted by atomic mass is 32.2. The summed E-state index contributed by atoms with van der Waals surface area (Å²) in [6.07, 6.45) is 0. The van der Waals surface area contributed by atoms with Crippen molar-refractivity contribution >= 4 is 70.6 Å². The smallest absolute Gasteiger partial charge is 0.138 e. The standard InChI is InChI=1S/C30H22N2S6/c1-7-22(28-33-13-14-34-28)8-2-19(1)25-26(20-3-9-23(10-4-20)29-35-15-16-36-29)32-27(31-25)21-5-11-24(12-6-21)30-37-17-18-38-30/h1-18,28-30H,(H,31,32). The van der Waals surface area contributed by atoms with Crippen LogP contribution in [0.3, 0.4) is 0 Å². The maximum absolute atomic E-state index is 5.16. The van der Waals surface area contributed by atoms with Gasteiger partial charge in [-0.3, -0.25) is 0 Å². The Balaban J connectivity index is 1.24. The van der Waals surface area contributed by atoms with Crippen LogP contribution in [0.25, 0.3) is 33.9 Å². The summed E-state index contributed by atoms with van der Waals surface area (Å²) in [5, 5.41) is 13.1. The van der Waals surface area contributed by atoms with E-state index in [1.165, 1.54) is 16.7 Å². The third-order valence-electron chi connectivity index (χ3n) is 6.47. The Morgan fingerprint density at radius 2 is 0.816 bits per heavy atom. The topological polar surface area (TPSA) is 28.7 Å². The van der Waals surface area contributed by atoms with Crippen LogP contribution in [-0.4, -0.2) is 9.97 Å². The average Bonchev–Trinajstić information content (AvgIpc) is 3.80. The molecule has 0 fully saturated rings. The van der Waals surface area contributed by atoms with Gasteiger partial charge in [0, 0.05) is 16.7 Å². The van der Waals surface area contributed by atoms with E-state index in [-0.39, 0.29) is 0 Å². The van der Waals surface area contributed by atoms with Crippen LogP contribution in [0.1, 0.15) is 30.4 Å². The number of aromatic nitrogens is 2. The molecule has 3 aliphatic rings. The van der Waals surface area contributed by atoms with Crippen LogP contribution in [0.5, 0.6) is 0 Å². The molecule has 2 nitrogen and oxygen atoms in total. The molecule has 38 heavy (non-hydrogen) atoms. The number of rotatable bonds is 6. The lowest BCUT2D eigenvalue weighted by Crippen LogP contribution is -1.89. The first-order valence-electron chi connectivity index (χ1n) is 12.1. The van der Waals surface area contributed by atoms with Gasteiger partial charge in [-0.2, -0.15) is 0 Å². The lowest BCUT2D eigenvalue weighted by Gasteiger charge is -2.11. The normalized spacial score (nSPS) is 17.8. The first-order chi connectivity index (χ1) is 18.8. The van der Waals surface area contributed by atoms with Crippen molar-refractivity contribution in [2.45, 2.75) is 13.7 Å². The zero-order valence-electron chi connectivity index (χ0n) is 20.0. The summed E-state index contributed by atoms with van der Waals surface area (Å²) in [7, 11) is 0. The van der Waals surface area contributed by atoms with Crippen LogP contribution in [0.4, 0.5) is 0 Å². The van der Waals surface area contributed by atoms with Crippen molar-refractivity contribution in [1.29, 1.82) is 0 Å². The van der Waals surface area contributed by atoms with E-state index in [4.69, 9.17) is 4.98 Å². The van der Waals surface area contributed by atoms with Crippen LogP contribution >= 0.6 is 70.6 Å². The van der Waals surface area contributed by atoms with Gasteiger partial charge in [-0.25, -0.2) is 4.98 Å². The molecule has 0 spiro atoms. The molecule has 3 aliphatic heterocycles. The Kier molecular flexibility index (Phi) is 7.52. The maximum atomic E-state index is 5.16. The van der Waals surface area contributed by atoms with Crippen molar-refractivity contribution in [2.24, 2.45) is 0 Å². The van der Waals surface area contributed by atoms with Crippen molar-refractivity contribution in [3.05, 3.63) is 122 Å². The Hall–Kier alpha value is -1.81. The zero-order chi connectivity index (χ0) is 25.3. The first kappa shape index (κ1) is 25.2. The molecule has 4 heterocycles. The summed E-state index contributed by atoms with van der Waals surface area (Å²) < 4.78 is 1.33. The molecule has 0 aliphatic carbocycles. The molecule has 7 rings (SSSR count). The van der Waals surface area contributed by atoms with Gasteiger partial charge in [0.2, 0.25) is 0 Å². The van der Waals surface area contributed by atoms with Gasteiger partial charge in [0.15, 0.2) is 0 Å².